The molecule has 3 unspecified atom stereocenters. The standard InChI is InChI=1S/C11H20N2OS/c1-3-10-9(4-5-14-10)6-12-11-13-8(2)7-15-11/h8-10H,3-7H2,1-2H3,(H,12,13). The Morgan fingerprint density at radius 3 is 3.13 bits per heavy atom. The van der Waals surface area contributed by atoms with E-state index >= 15 is 0 Å². The fraction of sp³-hybridized carbons (Fsp3) is 0.909. The predicted molar refractivity (Wildman–Crippen MR) is 65.5 cm³/mol. The number of hydrogen-bond donors (Lipinski definition) is 1. The maximum absolute atomic E-state index is 5.65. The van der Waals surface area contributed by atoms with E-state index in [9.17, 15) is 0 Å². The van der Waals surface area contributed by atoms with Crippen LogP contribution in [0.4, 0.5) is 0 Å². The number of amidine groups is 1. The average molecular weight is 228 g/mol. The Kier molecular flexibility index (Phi) is 3.92. The Hall–Kier alpha value is -0.220. The van der Waals surface area contributed by atoms with Gasteiger partial charge in [-0.1, -0.05) is 18.7 Å². The van der Waals surface area contributed by atoms with E-state index in [4.69, 9.17) is 4.74 Å². The third kappa shape index (κ3) is 2.88. The Bertz CT molecular complexity index is 245. The number of nitrogens with one attached hydrogen (secondary N) is 1. The van der Waals surface area contributed by atoms with Gasteiger partial charge in [-0.2, -0.15) is 0 Å². The first kappa shape index (κ1) is 11.3. The molecule has 0 aromatic carbocycles. The van der Waals surface area contributed by atoms with Gasteiger partial charge in [-0.25, -0.2) is 0 Å². The largest absolute Gasteiger partial charge is 0.378 e. The molecule has 0 amide bonds. The maximum atomic E-state index is 5.65. The number of ether oxygens (including phenoxy) is 1. The molecule has 1 N–H and O–H groups in total. The summed E-state index contributed by atoms with van der Waals surface area (Å²) in [5, 5.41) is 4.51. The van der Waals surface area contributed by atoms with E-state index in [1.54, 1.807) is 0 Å². The summed E-state index contributed by atoms with van der Waals surface area (Å²) in [6, 6.07) is 0.579. The molecule has 2 heterocycles. The highest BCUT2D eigenvalue weighted by Crippen LogP contribution is 2.24. The van der Waals surface area contributed by atoms with Gasteiger partial charge in [0.25, 0.3) is 0 Å². The number of hydrogen-bond acceptors (Lipinski definition) is 3. The van der Waals surface area contributed by atoms with Crippen molar-refractivity contribution in [1.29, 1.82) is 0 Å². The zero-order valence-corrected chi connectivity index (χ0v) is 10.3. The van der Waals surface area contributed by atoms with Gasteiger partial charge < -0.3 is 10.1 Å². The molecule has 2 rings (SSSR count). The third-order valence-electron chi connectivity index (χ3n) is 3.06. The lowest BCUT2D eigenvalue weighted by Crippen LogP contribution is -2.24. The molecule has 86 valence electrons. The summed E-state index contributed by atoms with van der Waals surface area (Å²) in [6.45, 7) is 6.25. The van der Waals surface area contributed by atoms with E-state index < -0.39 is 0 Å². The number of thioether (sulfide) groups is 1. The van der Waals surface area contributed by atoms with Crippen molar-refractivity contribution in [3.8, 4) is 0 Å². The lowest BCUT2D eigenvalue weighted by molar-refractivity contribution is 0.0893. The molecule has 0 radical (unpaired) electrons. The molecule has 0 saturated carbocycles. The Balaban J connectivity index is 1.81. The topological polar surface area (TPSA) is 33.6 Å². The van der Waals surface area contributed by atoms with Crippen LogP contribution in [0.15, 0.2) is 4.99 Å². The van der Waals surface area contributed by atoms with Crippen LogP contribution in [0.3, 0.4) is 0 Å². The van der Waals surface area contributed by atoms with E-state index in [1.807, 2.05) is 11.8 Å². The zero-order valence-electron chi connectivity index (χ0n) is 9.53. The van der Waals surface area contributed by atoms with Crippen LogP contribution in [0.5, 0.6) is 0 Å². The molecule has 2 aliphatic rings. The number of rotatable bonds is 3. The Morgan fingerprint density at radius 1 is 1.60 bits per heavy atom. The minimum absolute atomic E-state index is 0.443. The highest BCUT2D eigenvalue weighted by molar-refractivity contribution is 8.14. The Labute approximate surface area is 96.1 Å². The Morgan fingerprint density at radius 2 is 2.47 bits per heavy atom. The van der Waals surface area contributed by atoms with Crippen LogP contribution in [0.2, 0.25) is 0 Å². The van der Waals surface area contributed by atoms with Gasteiger partial charge in [0, 0.05) is 30.9 Å². The van der Waals surface area contributed by atoms with Crippen LogP contribution in [0, 0.1) is 5.92 Å². The molecule has 0 aromatic heterocycles. The fourth-order valence-electron chi connectivity index (χ4n) is 2.14. The molecule has 3 atom stereocenters. The van der Waals surface area contributed by atoms with Crippen molar-refractivity contribution in [3.05, 3.63) is 0 Å². The maximum Gasteiger partial charge on any atom is 0.156 e. The summed E-state index contributed by atoms with van der Waals surface area (Å²) in [7, 11) is 0. The molecule has 0 bridgehead atoms. The fourth-order valence-corrected chi connectivity index (χ4v) is 3.08. The summed E-state index contributed by atoms with van der Waals surface area (Å²) < 4.78 is 5.65. The van der Waals surface area contributed by atoms with Crippen molar-refractivity contribution in [2.45, 2.75) is 38.8 Å². The summed E-state index contributed by atoms with van der Waals surface area (Å²) in [4.78, 5) is 4.64. The lowest BCUT2D eigenvalue weighted by atomic mass is 10.0. The van der Waals surface area contributed by atoms with Crippen molar-refractivity contribution in [3.63, 3.8) is 0 Å². The summed E-state index contributed by atoms with van der Waals surface area (Å²) in [5.74, 6) is 1.79. The molecule has 2 fully saturated rings. The minimum Gasteiger partial charge on any atom is -0.378 e. The minimum atomic E-state index is 0.443. The summed E-state index contributed by atoms with van der Waals surface area (Å²) >= 11 is 1.84. The molecule has 2 saturated heterocycles. The van der Waals surface area contributed by atoms with Crippen molar-refractivity contribution in [2.75, 3.05) is 18.9 Å². The van der Waals surface area contributed by atoms with Crippen LogP contribution in [-0.2, 0) is 4.74 Å². The molecule has 0 aromatic rings. The van der Waals surface area contributed by atoms with Crippen LogP contribution < -0.4 is 5.32 Å². The molecule has 0 spiro atoms. The van der Waals surface area contributed by atoms with Crippen LogP contribution >= 0.6 is 11.8 Å². The average Bonchev–Trinajstić information content (AvgIpc) is 2.83. The molecule has 0 aliphatic carbocycles. The second-order valence-corrected chi connectivity index (χ2v) is 5.38. The van der Waals surface area contributed by atoms with Crippen molar-refractivity contribution < 1.29 is 4.74 Å². The van der Waals surface area contributed by atoms with Gasteiger partial charge in [0.05, 0.1) is 6.10 Å². The normalized spacial score (nSPS) is 38.5. The molecule has 2 aliphatic heterocycles. The van der Waals surface area contributed by atoms with Crippen molar-refractivity contribution in [1.82, 2.24) is 5.32 Å². The van der Waals surface area contributed by atoms with E-state index in [0.717, 1.165) is 30.5 Å². The highest BCUT2D eigenvalue weighted by atomic mass is 32.2. The zero-order chi connectivity index (χ0) is 10.7. The first-order valence-electron chi connectivity index (χ1n) is 5.85. The smallest absolute Gasteiger partial charge is 0.156 e. The first-order valence-corrected chi connectivity index (χ1v) is 6.83. The molecule has 3 nitrogen and oxygen atoms in total. The van der Waals surface area contributed by atoms with E-state index in [0.29, 0.717) is 18.1 Å². The van der Waals surface area contributed by atoms with Gasteiger partial charge in [-0.15, -0.1) is 0 Å². The van der Waals surface area contributed by atoms with Gasteiger partial charge in [0.15, 0.2) is 5.17 Å². The first-order chi connectivity index (χ1) is 7.29. The second-order valence-electron chi connectivity index (χ2n) is 4.37. The van der Waals surface area contributed by atoms with E-state index in [1.165, 1.54) is 6.42 Å². The second kappa shape index (κ2) is 5.21. The monoisotopic (exact) mass is 228 g/mol. The summed E-state index contributed by atoms with van der Waals surface area (Å²) in [5.41, 5.74) is 0. The third-order valence-corrected chi connectivity index (χ3v) is 4.25. The quantitative estimate of drug-likeness (QED) is 0.801. The van der Waals surface area contributed by atoms with Crippen molar-refractivity contribution >= 4 is 16.9 Å². The number of aliphatic imine (C=N–C) groups is 1. The lowest BCUT2D eigenvalue weighted by Gasteiger charge is -2.14. The molecule has 15 heavy (non-hydrogen) atoms. The van der Waals surface area contributed by atoms with Gasteiger partial charge in [0.1, 0.15) is 0 Å². The van der Waals surface area contributed by atoms with Gasteiger partial charge in [-0.05, 0) is 19.8 Å². The van der Waals surface area contributed by atoms with Gasteiger partial charge in [-0.3, -0.25) is 4.99 Å². The number of nitrogens with zero attached hydrogens (tertiary/aromatic N) is 1. The molecular formula is C11H20N2OS. The van der Waals surface area contributed by atoms with Gasteiger partial charge in [0.2, 0.25) is 0 Å². The molecular weight excluding hydrogens is 208 g/mol. The van der Waals surface area contributed by atoms with E-state index in [-0.39, 0.29) is 0 Å². The predicted octanol–water partition coefficient (Wildman–Crippen LogP) is 1.88. The molecule has 4 heteroatoms. The SMILES string of the molecule is CCC1OCCC1CN=C1NC(C)CS1. The highest BCUT2D eigenvalue weighted by Gasteiger charge is 2.26. The van der Waals surface area contributed by atoms with Crippen molar-refractivity contribution in [2.24, 2.45) is 10.9 Å². The van der Waals surface area contributed by atoms with E-state index in [2.05, 4.69) is 24.2 Å². The van der Waals surface area contributed by atoms with Crippen LogP contribution in [0.25, 0.3) is 0 Å². The summed E-state index contributed by atoms with van der Waals surface area (Å²) in [6.07, 6.45) is 2.74. The van der Waals surface area contributed by atoms with Crippen LogP contribution in [0.1, 0.15) is 26.7 Å². The van der Waals surface area contributed by atoms with Crippen LogP contribution in [-0.4, -0.2) is 36.2 Å². The van der Waals surface area contributed by atoms with Gasteiger partial charge >= 0.3 is 0 Å².